The summed E-state index contributed by atoms with van der Waals surface area (Å²) in [6.07, 6.45) is 7.94. The lowest BCUT2D eigenvalue weighted by molar-refractivity contribution is 0.616. The molecule has 0 aliphatic heterocycles. The lowest BCUT2D eigenvalue weighted by Crippen LogP contribution is -2.20. The van der Waals surface area contributed by atoms with Crippen LogP contribution in [0.4, 0.5) is 11.6 Å². The number of hydrogen-bond acceptors (Lipinski definition) is 4. The van der Waals surface area contributed by atoms with Gasteiger partial charge in [0.15, 0.2) is 0 Å². The smallest absolute Gasteiger partial charge is 0.135 e. The number of nitrogens with zero attached hydrogens (tertiary/aromatic N) is 2. The van der Waals surface area contributed by atoms with Gasteiger partial charge in [0.2, 0.25) is 0 Å². The van der Waals surface area contributed by atoms with E-state index in [0.717, 1.165) is 17.5 Å². The van der Waals surface area contributed by atoms with Crippen LogP contribution in [0.1, 0.15) is 64.1 Å². The first-order chi connectivity index (χ1) is 9.19. The van der Waals surface area contributed by atoms with Crippen molar-refractivity contribution < 1.29 is 0 Å². The average molecular weight is 262 g/mol. The maximum atomic E-state index is 4.64. The van der Waals surface area contributed by atoms with Crippen molar-refractivity contribution in [3.05, 3.63) is 11.9 Å². The Balaban J connectivity index is 2.11. The topological polar surface area (TPSA) is 49.8 Å². The number of anilines is 2. The molecule has 4 nitrogen and oxygen atoms in total. The second-order valence-electron chi connectivity index (χ2n) is 5.73. The Kier molecular flexibility index (Phi) is 5.00. The van der Waals surface area contributed by atoms with Crippen molar-refractivity contribution in [3.63, 3.8) is 0 Å². The van der Waals surface area contributed by atoms with Crippen LogP contribution in [-0.2, 0) is 0 Å². The molecule has 1 aromatic heterocycles. The minimum atomic E-state index is 0.350. The van der Waals surface area contributed by atoms with Crippen molar-refractivity contribution in [2.45, 2.75) is 64.3 Å². The highest BCUT2D eigenvalue weighted by molar-refractivity contribution is 5.48. The zero-order valence-electron chi connectivity index (χ0n) is 12.4. The van der Waals surface area contributed by atoms with E-state index in [2.05, 4.69) is 34.4 Å². The number of aromatic nitrogens is 2. The molecule has 0 bridgehead atoms. The van der Waals surface area contributed by atoms with Crippen LogP contribution < -0.4 is 10.6 Å². The third-order valence-electron chi connectivity index (χ3n) is 3.72. The molecule has 4 heteroatoms. The SMILES string of the molecule is CNc1cc(NC2CCCCCC2)nc(C(C)C)n1. The quantitative estimate of drug-likeness (QED) is 0.811. The van der Waals surface area contributed by atoms with Gasteiger partial charge in [-0.2, -0.15) is 0 Å². The first kappa shape index (κ1) is 14.1. The van der Waals surface area contributed by atoms with Crippen LogP contribution in [0, 0.1) is 0 Å². The molecule has 0 unspecified atom stereocenters. The largest absolute Gasteiger partial charge is 0.373 e. The summed E-state index contributed by atoms with van der Waals surface area (Å²) in [7, 11) is 1.90. The molecule has 1 aliphatic carbocycles. The van der Waals surface area contributed by atoms with E-state index in [9.17, 15) is 0 Å². The summed E-state index contributed by atoms with van der Waals surface area (Å²) >= 11 is 0. The predicted molar refractivity (Wildman–Crippen MR) is 80.8 cm³/mol. The minimum absolute atomic E-state index is 0.350. The summed E-state index contributed by atoms with van der Waals surface area (Å²) in [6, 6.07) is 2.58. The van der Waals surface area contributed by atoms with Gasteiger partial charge in [0.05, 0.1) is 0 Å². The van der Waals surface area contributed by atoms with Gasteiger partial charge in [0.25, 0.3) is 0 Å². The fourth-order valence-electron chi connectivity index (χ4n) is 2.56. The predicted octanol–water partition coefficient (Wildman–Crippen LogP) is 3.78. The van der Waals surface area contributed by atoms with E-state index in [1.165, 1.54) is 38.5 Å². The number of hydrogen-bond donors (Lipinski definition) is 2. The van der Waals surface area contributed by atoms with Crippen molar-refractivity contribution in [3.8, 4) is 0 Å². The van der Waals surface area contributed by atoms with Gasteiger partial charge in [-0.05, 0) is 12.8 Å². The Hall–Kier alpha value is -1.32. The van der Waals surface area contributed by atoms with E-state index in [1.54, 1.807) is 0 Å². The van der Waals surface area contributed by atoms with Gasteiger partial charge in [-0.3, -0.25) is 0 Å². The molecule has 0 amide bonds. The summed E-state index contributed by atoms with van der Waals surface area (Å²) in [5.41, 5.74) is 0. The summed E-state index contributed by atoms with van der Waals surface area (Å²) in [5.74, 6) is 3.12. The Morgan fingerprint density at radius 3 is 2.26 bits per heavy atom. The summed E-state index contributed by atoms with van der Waals surface area (Å²) in [4.78, 5) is 9.14. The summed E-state index contributed by atoms with van der Waals surface area (Å²) in [6.45, 7) is 4.26. The normalized spacial score (nSPS) is 17.3. The molecule has 1 fully saturated rings. The molecule has 0 radical (unpaired) electrons. The molecule has 0 spiro atoms. The highest BCUT2D eigenvalue weighted by Gasteiger charge is 2.14. The Morgan fingerprint density at radius 2 is 1.68 bits per heavy atom. The third-order valence-corrected chi connectivity index (χ3v) is 3.72. The molecule has 2 rings (SSSR count). The summed E-state index contributed by atoms with van der Waals surface area (Å²) in [5, 5.41) is 6.72. The van der Waals surface area contributed by atoms with Crippen molar-refractivity contribution in [1.82, 2.24) is 9.97 Å². The molecule has 1 aromatic rings. The van der Waals surface area contributed by atoms with Gasteiger partial charge < -0.3 is 10.6 Å². The van der Waals surface area contributed by atoms with Gasteiger partial charge in [0.1, 0.15) is 17.5 Å². The first-order valence-corrected chi connectivity index (χ1v) is 7.52. The molecule has 0 atom stereocenters. The third kappa shape index (κ3) is 4.08. The zero-order valence-corrected chi connectivity index (χ0v) is 12.4. The molecule has 1 heterocycles. The van der Waals surface area contributed by atoms with Crippen LogP contribution in [0.5, 0.6) is 0 Å². The van der Waals surface area contributed by atoms with E-state index >= 15 is 0 Å². The van der Waals surface area contributed by atoms with E-state index in [0.29, 0.717) is 12.0 Å². The second-order valence-corrected chi connectivity index (χ2v) is 5.73. The fraction of sp³-hybridized carbons (Fsp3) is 0.733. The maximum Gasteiger partial charge on any atom is 0.135 e. The zero-order chi connectivity index (χ0) is 13.7. The number of rotatable bonds is 4. The molecular formula is C15H26N4. The van der Waals surface area contributed by atoms with E-state index in [4.69, 9.17) is 0 Å². The second kappa shape index (κ2) is 6.73. The molecular weight excluding hydrogens is 236 g/mol. The Morgan fingerprint density at radius 1 is 1.05 bits per heavy atom. The van der Waals surface area contributed by atoms with Crippen molar-refractivity contribution in [2.75, 3.05) is 17.7 Å². The highest BCUT2D eigenvalue weighted by Crippen LogP contribution is 2.22. The van der Waals surface area contributed by atoms with Crippen molar-refractivity contribution in [2.24, 2.45) is 0 Å². The fourth-order valence-corrected chi connectivity index (χ4v) is 2.56. The highest BCUT2D eigenvalue weighted by atomic mass is 15.1. The molecule has 2 N–H and O–H groups in total. The molecule has 19 heavy (non-hydrogen) atoms. The molecule has 0 aromatic carbocycles. The van der Waals surface area contributed by atoms with Crippen molar-refractivity contribution in [1.29, 1.82) is 0 Å². The maximum absolute atomic E-state index is 4.64. The number of nitrogens with one attached hydrogen (secondary N) is 2. The van der Waals surface area contributed by atoms with E-state index in [1.807, 2.05) is 13.1 Å². The standard InChI is InChI=1S/C15H26N4/c1-11(2)15-18-13(16-3)10-14(19-15)17-12-8-6-4-5-7-9-12/h10-12H,4-9H2,1-3H3,(H2,16,17,18,19). The van der Waals surface area contributed by atoms with Crippen molar-refractivity contribution >= 4 is 11.6 Å². The van der Waals surface area contributed by atoms with Gasteiger partial charge in [-0.25, -0.2) is 9.97 Å². The Labute approximate surface area is 116 Å². The lowest BCUT2D eigenvalue weighted by Gasteiger charge is -2.18. The molecule has 0 saturated heterocycles. The molecule has 1 aliphatic rings. The summed E-state index contributed by atoms with van der Waals surface area (Å²) < 4.78 is 0. The monoisotopic (exact) mass is 262 g/mol. The van der Waals surface area contributed by atoms with Gasteiger partial charge in [-0.15, -0.1) is 0 Å². The van der Waals surface area contributed by atoms with E-state index in [-0.39, 0.29) is 0 Å². The van der Waals surface area contributed by atoms with Crippen LogP contribution in [-0.4, -0.2) is 23.1 Å². The van der Waals surface area contributed by atoms with Crippen LogP contribution >= 0.6 is 0 Å². The van der Waals surface area contributed by atoms with Gasteiger partial charge in [-0.1, -0.05) is 39.5 Å². The van der Waals surface area contributed by atoms with Gasteiger partial charge in [0, 0.05) is 25.1 Å². The molecule has 106 valence electrons. The molecule has 1 saturated carbocycles. The minimum Gasteiger partial charge on any atom is -0.373 e. The van der Waals surface area contributed by atoms with Crippen LogP contribution in [0.3, 0.4) is 0 Å². The first-order valence-electron chi connectivity index (χ1n) is 7.52. The Bertz CT molecular complexity index is 395. The van der Waals surface area contributed by atoms with Crippen LogP contribution in [0.25, 0.3) is 0 Å². The van der Waals surface area contributed by atoms with Gasteiger partial charge >= 0.3 is 0 Å². The van der Waals surface area contributed by atoms with Crippen LogP contribution in [0.2, 0.25) is 0 Å². The van der Waals surface area contributed by atoms with Crippen LogP contribution in [0.15, 0.2) is 6.07 Å². The van der Waals surface area contributed by atoms with E-state index < -0.39 is 0 Å². The average Bonchev–Trinajstić information content (AvgIpc) is 2.67. The lowest BCUT2D eigenvalue weighted by atomic mass is 10.1.